The lowest BCUT2D eigenvalue weighted by Gasteiger charge is -2.23. The maximum absolute atomic E-state index is 13.1. The molecular formula is C15H15FN2O5S. The summed E-state index contributed by atoms with van der Waals surface area (Å²) >= 11 is 0. The molecule has 0 heterocycles. The van der Waals surface area contributed by atoms with E-state index in [1.54, 1.807) is 6.92 Å². The standard InChI is InChI=1S/C15H15FN2O5S/c1-3-17(12-6-4-11(16)5-7-12)24(21,22)15-10-13(18(19)20)8-9-14(15)23-2/h4-10H,3H2,1-2H3. The van der Waals surface area contributed by atoms with Gasteiger partial charge in [0.15, 0.2) is 0 Å². The minimum Gasteiger partial charge on any atom is -0.495 e. The minimum atomic E-state index is -4.13. The SMILES string of the molecule is CCN(c1ccc(F)cc1)S(=O)(=O)c1cc([N+](=O)[O-])ccc1OC. The number of methoxy groups -OCH3 is 1. The van der Waals surface area contributed by atoms with Gasteiger partial charge in [0.2, 0.25) is 0 Å². The molecule has 24 heavy (non-hydrogen) atoms. The molecule has 128 valence electrons. The summed E-state index contributed by atoms with van der Waals surface area (Å²) in [6, 6.07) is 8.24. The molecule has 0 N–H and O–H groups in total. The number of nitro benzene ring substituents is 1. The van der Waals surface area contributed by atoms with Crippen molar-refractivity contribution in [2.24, 2.45) is 0 Å². The van der Waals surface area contributed by atoms with Crippen LogP contribution in [0.3, 0.4) is 0 Å². The molecule has 9 heteroatoms. The number of hydrogen-bond acceptors (Lipinski definition) is 5. The summed E-state index contributed by atoms with van der Waals surface area (Å²) in [6.07, 6.45) is 0. The summed E-state index contributed by atoms with van der Waals surface area (Å²) in [7, 11) is -2.86. The second-order valence-electron chi connectivity index (χ2n) is 4.74. The van der Waals surface area contributed by atoms with E-state index in [4.69, 9.17) is 4.74 Å². The smallest absolute Gasteiger partial charge is 0.271 e. The Balaban J connectivity index is 2.61. The largest absolute Gasteiger partial charge is 0.495 e. The molecule has 0 radical (unpaired) electrons. The number of rotatable bonds is 6. The van der Waals surface area contributed by atoms with E-state index < -0.39 is 20.8 Å². The first-order valence-corrected chi connectivity index (χ1v) is 8.36. The van der Waals surface area contributed by atoms with E-state index in [0.29, 0.717) is 0 Å². The monoisotopic (exact) mass is 354 g/mol. The third-order valence-electron chi connectivity index (χ3n) is 3.33. The molecule has 0 unspecified atom stereocenters. The summed E-state index contributed by atoms with van der Waals surface area (Å²) in [5, 5.41) is 10.9. The van der Waals surface area contributed by atoms with Gasteiger partial charge in [-0.3, -0.25) is 14.4 Å². The number of ether oxygens (including phenoxy) is 1. The number of benzene rings is 2. The Morgan fingerprint density at radius 3 is 2.33 bits per heavy atom. The summed E-state index contributed by atoms with van der Waals surface area (Å²) in [6.45, 7) is 1.66. The van der Waals surface area contributed by atoms with Gasteiger partial charge >= 0.3 is 0 Å². The van der Waals surface area contributed by atoms with Crippen molar-refractivity contribution < 1.29 is 22.5 Å². The molecular weight excluding hydrogens is 339 g/mol. The van der Waals surface area contributed by atoms with E-state index in [9.17, 15) is 22.9 Å². The van der Waals surface area contributed by atoms with Crippen molar-refractivity contribution in [1.82, 2.24) is 0 Å². The van der Waals surface area contributed by atoms with E-state index >= 15 is 0 Å². The highest BCUT2D eigenvalue weighted by atomic mass is 32.2. The van der Waals surface area contributed by atoms with Crippen molar-refractivity contribution in [3.05, 3.63) is 58.4 Å². The fourth-order valence-corrected chi connectivity index (χ4v) is 3.85. The van der Waals surface area contributed by atoms with Gasteiger partial charge in [-0.1, -0.05) is 0 Å². The lowest BCUT2D eigenvalue weighted by molar-refractivity contribution is -0.385. The number of nitrogens with zero attached hydrogens (tertiary/aromatic N) is 2. The molecule has 2 rings (SSSR count). The van der Waals surface area contributed by atoms with E-state index in [-0.39, 0.29) is 28.6 Å². The fraction of sp³-hybridized carbons (Fsp3) is 0.200. The first-order valence-electron chi connectivity index (χ1n) is 6.92. The number of nitro groups is 1. The van der Waals surface area contributed by atoms with Crippen LogP contribution in [0.25, 0.3) is 0 Å². The number of anilines is 1. The van der Waals surface area contributed by atoms with Gasteiger partial charge in [-0.25, -0.2) is 12.8 Å². The summed E-state index contributed by atoms with van der Waals surface area (Å²) in [5.74, 6) is -0.513. The maximum Gasteiger partial charge on any atom is 0.271 e. The van der Waals surface area contributed by atoms with Gasteiger partial charge in [0.05, 0.1) is 17.7 Å². The zero-order valence-electron chi connectivity index (χ0n) is 13.0. The van der Waals surface area contributed by atoms with Crippen molar-refractivity contribution in [1.29, 1.82) is 0 Å². The maximum atomic E-state index is 13.1. The van der Waals surface area contributed by atoms with Crippen molar-refractivity contribution in [3.8, 4) is 5.75 Å². The summed E-state index contributed by atoms with van der Waals surface area (Å²) in [4.78, 5) is 9.93. The average molecular weight is 354 g/mol. The van der Waals surface area contributed by atoms with Crippen LogP contribution in [0.5, 0.6) is 5.75 Å². The molecule has 7 nitrogen and oxygen atoms in total. The number of sulfonamides is 1. The van der Waals surface area contributed by atoms with E-state index in [1.807, 2.05) is 0 Å². The van der Waals surface area contributed by atoms with E-state index in [1.165, 1.54) is 25.3 Å². The topological polar surface area (TPSA) is 89.8 Å². The highest BCUT2D eigenvalue weighted by Gasteiger charge is 2.29. The normalized spacial score (nSPS) is 11.1. The summed E-state index contributed by atoms with van der Waals surface area (Å²) < 4.78 is 45.0. The van der Waals surface area contributed by atoms with Gasteiger partial charge < -0.3 is 4.74 Å². The second kappa shape index (κ2) is 6.83. The van der Waals surface area contributed by atoms with Crippen LogP contribution in [-0.2, 0) is 10.0 Å². The number of non-ortho nitro benzene ring substituents is 1. The molecule has 0 aliphatic rings. The van der Waals surface area contributed by atoms with E-state index in [2.05, 4.69) is 0 Å². The molecule has 0 aromatic heterocycles. The molecule has 0 amide bonds. The van der Waals surface area contributed by atoms with Crippen molar-refractivity contribution >= 4 is 21.4 Å². The molecule has 0 saturated carbocycles. The van der Waals surface area contributed by atoms with Crippen LogP contribution in [-0.4, -0.2) is 27.0 Å². The van der Waals surface area contributed by atoms with Gasteiger partial charge in [-0.15, -0.1) is 0 Å². The lowest BCUT2D eigenvalue weighted by atomic mass is 10.3. The van der Waals surface area contributed by atoms with Gasteiger partial charge in [-0.05, 0) is 37.3 Å². The molecule has 0 saturated heterocycles. The van der Waals surface area contributed by atoms with Crippen LogP contribution in [0.15, 0.2) is 47.4 Å². The van der Waals surface area contributed by atoms with Crippen LogP contribution in [0.4, 0.5) is 15.8 Å². The summed E-state index contributed by atoms with van der Waals surface area (Å²) in [5.41, 5.74) is -0.128. The molecule has 2 aromatic rings. The van der Waals surface area contributed by atoms with Crippen molar-refractivity contribution in [2.45, 2.75) is 11.8 Å². The van der Waals surface area contributed by atoms with Gasteiger partial charge in [0, 0.05) is 18.7 Å². The Bertz CT molecular complexity index is 853. The first-order chi connectivity index (χ1) is 11.3. The zero-order valence-corrected chi connectivity index (χ0v) is 13.8. The average Bonchev–Trinajstić information content (AvgIpc) is 2.56. The Hall–Kier alpha value is -2.68. The Kier molecular flexibility index (Phi) is 5.03. The number of halogens is 1. The van der Waals surface area contributed by atoms with Crippen molar-refractivity contribution in [2.75, 3.05) is 18.0 Å². The third-order valence-corrected chi connectivity index (χ3v) is 5.25. The first kappa shape index (κ1) is 17.7. The number of hydrogen-bond donors (Lipinski definition) is 0. The molecule has 2 aromatic carbocycles. The molecule has 0 aliphatic carbocycles. The van der Waals surface area contributed by atoms with E-state index in [0.717, 1.165) is 28.6 Å². The van der Waals surface area contributed by atoms with Crippen LogP contribution < -0.4 is 9.04 Å². The molecule has 0 bridgehead atoms. The zero-order chi connectivity index (χ0) is 17.9. The van der Waals surface area contributed by atoms with Crippen LogP contribution >= 0.6 is 0 Å². The van der Waals surface area contributed by atoms with Gasteiger partial charge in [-0.2, -0.15) is 0 Å². The highest BCUT2D eigenvalue weighted by molar-refractivity contribution is 7.93. The predicted molar refractivity (Wildman–Crippen MR) is 86.3 cm³/mol. The Morgan fingerprint density at radius 1 is 1.21 bits per heavy atom. The van der Waals surface area contributed by atoms with Crippen LogP contribution in [0.1, 0.15) is 6.92 Å². The second-order valence-corrected chi connectivity index (χ2v) is 6.57. The lowest BCUT2D eigenvalue weighted by Crippen LogP contribution is -2.31. The quantitative estimate of drug-likeness (QED) is 0.588. The highest BCUT2D eigenvalue weighted by Crippen LogP contribution is 2.32. The minimum absolute atomic E-state index is 0.0128. The Morgan fingerprint density at radius 2 is 1.83 bits per heavy atom. The van der Waals surface area contributed by atoms with Crippen LogP contribution in [0, 0.1) is 15.9 Å². The van der Waals surface area contributed by atoms with Gasteiger partial charge in [0.1, 0.15) is 16.5 Å². The molecule has 0 atom stereocenters. The van der Waals surface area contributed by atoms with Crippen molar-refractivity contribution in [3.63, 3.8) is 0 Å². The molecule has 0 aliphatic heterocycles. The Labute approximate surface area is 138 Å². The van der Waals surface area contributed by atoms with Gasteiger partial charge in [0.25, 0.3) is 15.7 Å². The van der Waals surface area contributed by atoms with Crippen LogP contribution in [0.2, 0.25) is 0 Å². The third kappa shape index (κ3) is 3.30. The molecule has 0 spiro atoms. The molecule has 0 fully saturated rings. The predicted octanol–water partition coefficient (Wildman–Crippen LogP) is 2.96. The fourth-order valence-electron chi connectivity index (χ4n) is 2.20.